The van der Waals surface area contributed by atoms with Crippen LogP contribution in [0.5, 0.6) is 0 Å². The van der Waals surface area contributed by atoms with Gasteiger partial charge in [-0.05, 0) is 18.1 Å². The molecular weight excluding hydrogens is 148 g/mol. The summed E-state index contributed by atoms with van der Waals surface area (Å²) in [6.07, 6.45) is 0. The highest BCUT2D eigenvalue weighted by molar-refractivity contribution is 6.58. The molecule has 0 radical (unpaired) electrons. The molecule has 0 fully saturated rings. The Hall–Kier alpha value is 0.0969. The van der Waals surface area contributed by atoms with Crippen LogP contribution in [0.3, 0.4) is 0 Å². The Morgan fingerprint density at radius 2 is 1.00 bits per heavy atom. The molecule has 0 heterocycles. The number of aliphatic hydroxyl groups excluding tert-OH is 3. The maximum Gasteiger partial charge on any atom is 0.0439 e. The second kappa shape index (κ2) is 7.21. The van der Waals surface area contributed by atoms with E-state index in [9.17, 15) is 0 Å². The van der Waals surface area contributed by atoms with E-state index in [0.29, 0.717) is 0 Å². The summed E-state index contributed by atoms with van der Waals surface area (Å²) in [5, 5.41) is 25.7. The van der Waals surface area contributed by atoms with Crippen molar-refractivity contribution in [2.75, 3.05) is 19.8 Å². The lowest BCUT2D eigenvalue weighted by atomic mass is 10.8. The van der Waals surface area contributed by atoms with Crippen molar-refractivity contribution in [3.63, 3.8) is 0 Å². The molecule has 10 heavy (non-hydrogen) atoms. The molecule has 0 aromatic rings. The first-order valence-electron chi connectivity index (χ1n) is 3.67. The molecule has 0 bridgehead atoms. The third-order valence-electron chi connectivity index (χ3n) is 1.61. The van der Waals surface area contributed by atoms with Gasteiger partial charge in [-0.1, -0.05) is 0 Å². The monoisotopic (exact) mass is 164 g/mol. The Bertz CT molecular complexity index is 55.7. The predicted molar refractivity (Wildman–Crippen MR) is 42.8 cm³/mol. The normalized spacial score (nSPS) is 10.8. The molecule has 4 heteroatoms. The van der Waals surface area contributed by atoms with Gasteiger partial charge in [0.15, 0.2) is 0 Å². The van der Waals surface area contributed by atoms with E-state index in [0.717, 1.165) is 18.1 Å². The molecule has 0 saturated heterocycles. The zero-order valence-electron chi connectivity index (χ0n) is 6.16. The second-order valence-electron chi connectivity index (χ2n) is 2.40. The maximum atomic E-state index is 8.56. The zero-order chi connectivity index (χ0) is 7.82. The number of aliphatic hydroxyl groups is 3. The number of rotatable bonds is 6. The van der Waals surface area contributed by atoms with E-state index in [1.54, 1.807) is 0 Å². The third-order valence-corrected chi connectivity index (χ3v) is 4.84. The van der Waals surface area contributed by atoms with Gasteiger partial charge in [-0.25, -0.2) is 0 Å². The van der Waals surface area contributed by atoms with Crippen molar-refractivity contribution in [1.82, 2.24) is 0 Å². The van der Waals surface area contributed by atoms with Crippen LogP contribution in [-0.2, 0) is 0 Å². The first kappa shape index (κ1) is 10.1. The van der Waals surface area contributed by atoms with E-state index in [4.69, 9.17) is 15.3 Å². The van der Waals surface area contributed by atoms with Crippen molar-refractivity contribution in [2.24, 2.45) is 0 Å². The summed E-state index contributed by atoms with van der Waals surface area (Å²) in [6, 6.07) is 2.46. The highest BCUT2D eigenvalue weighted by atomic mass is 28.3. The fourth-order valence-corrected chi connectivity index (χ4v) is 2.94. The summed E-state index contributed by atoms with van der Waals surface area (Å²) in [4.78, 5) is 0. The van der Waals surface area contributed by atoms with Gasteiger partial charge in [-0.3, -0.25) is 0 Å². The standard InChI is InChI=1S/C6H16O3Si/c7-1-4-10(5-2-8)6-3-9/h7-10H,1-6H2. The Morgan fingerprint density at radius 3 is 1.20 bits per heavy atom. The summed E-state index contributed by atoms with van der Waals surface area (Å²) in [5.41, 5.74) is 0. The van der Waals surface area contributed by atoms with Crippen LogP contribution in [0.25, 0.3) is 0 Å². The SMILES string of the molecule is OCC[SiH](CCO)CCO. The van der Waals surface area contributed by atoms with Gasteiger partial charge in [-0.2, -0.15) is 0 Å². The lowest BCUT2D eigenvalue weighted by Gasteiger charge is -2.09. The van der Waals surface area contributed by atoms with Gasteiger partial charge in [0.25, 0.3) is 0 Å². The van der Waals surface area contributed by atoms with Crippen LogP contribution in [0, 0.1) is 0 Å². The summed E-state index contributed by atoms with van der Waals surface area (Å²) >= 11 is 0. The minimum Gasteiger partial charge on any atom is -0.397 e. The van der Waals surface area contributed by atoms with E-state index in [1.165, 1.54) is 0 Å². The van der Waals surface area contributed by atoms with Crippen LogP contribution in [0.2, 0.25) is 18.1 Å². The van der Waals surface area contributed by atoms with Crippen LogP contribution < -0.4 is 0 Å². The van der Waals surface area contributed by atoms with Crippen molar-refractivity contribution < 1.29 is 15.3 Å². The Labute approximate surface area is 62.9 Å². The van der Waals surface area contributed by atoms with Crippen molar-refractivity contribution in [2.45, 2.75) is 18.1 Å². The lowest BCUT2D eigenvalue weighted by molar-refractivity contribution is 0.301. The van der Waals surface area contributed by atoms with Crippen LogP contribution in [0.1, 0.15) is 0 Å². The van der Waals surface area contributed by atoms with Gasteiger partial charge in [0.05, 0.1) is 0 Å². The highest BCUT2D eigenvalue weighted by Gasteiger charge is 2.07. The minimum absolute atomic E-state index is 0.205. The molecule has 0 aliphatic carbocycles. The molecule has 0 aliphatic heterocycles. The van der Waals surface area contributed by atoms with Crippen LogP contribution in [0.4, 0.5) is 0 Å². The Balaban J connectivity index is 3.30. The van der Waals surface area contributed by atoms with Gasteiger partial charge in [0.2, 0.25) is 0 Å². The van der Waals surface area contributed by atoms with Crippen LogP contribution >= 0.6 is 0 Å². The number of hydrogen-bond acceptors (Lipinski definition) is 3. The molecular formula is C6H16O3Si. The van der Waals surface area contributed by atoms with Crippen molar-refractivity contribution in [1.29, 1.82) is 0 Å². The Morgan fingerprint density at radius 1 is 0.700 bits per heavy atom. The molecule has 3 N–H and O–H groups in total. The molecule has 0 unspecified atom stereocenters. The zero-order valence-corrected chi connectivity index (χ0v) is 7.32. The first-order valence-corrected chi connectivity index (χ1v) is 6.12. The third kappa shape index (κ3) is 4.93. The molecule has 3 nitrogen and oxygen atoms in total. The molecule has 0 aromatic carbocycles. The van der Waals surface area contributed by atoms with Gasteiger partial charge >= 0.3 is 0 Å². The fraction of sp³-hybridized carbons (Fsp3) is 1.00. The molecule has 0 aromatic heterocycles. The van der Waals surface area contributed by atoms with Crippen LogP contribution in [0.15, 0.2) is 0 Å². The Kier molecular flexibility index (Phi) is 7.28. The molecule has 0 saturated carbocycles. The second-order valence-corrected chi connectivity index (χ2v) is 5.87. The van der Waals surface area contributed by atoms with Gasteiger partial charge in [0.1, 0.15) is 0 Å². The van der Waals surface area contributed by atoms with Crippen molar-refractivity contribution in [3.05, 3.63) is 0 Å². The van der Waals surface area contributed by atoms with Gasteiger partial charge in [-0.15, -0.1) is 0 Å². The fourth-order valence-electron chi connectivity index (χ4n) is 0.981. The summed E-state index contributed by atoms with van der Waals surface area (Å²) < 4.78 is 0. The quantitative estimate of drug-likeness (QED) is 0.450. The summed E-state index contributed by atoms with van der Waals surface area (Å²) in [5.74, 6) is 0. The largest absolute Gasteiger partial charge is 0.397 e. The lowest BCUT2D eigenvalue weighted by Crippen LogP contribution is -2.16. The average Bonchev–Trinajstić information content (AvgIpc) is 1.90. The van der Waals surface area contributed by atoms with Gasteiger partial charge in [0, 0.05) is 28.6 Å². The molecule has 0 aliphatic rings. The van der Waals surface area contributed by atoms with E-state index >= 15 is 0 Å². The van der Waals surface area contributed by atoms with Crippen LogP contribution in [-0.4, -0.2) is 43.9 Å². The maximum absolute atomic E-state index is 8.56. The summed E-state index contributed by atoms with van der Waals surface area (Å²) in [7, 11) is -0.984. The summed E-state index contributed by atoms with van der Waals surface area (Å²) in [6.45, 7) is 0.616. The molecule has 0 atom stereocenters. The predicted octanol–water partition coefficient (Wildman–Crippen LogP) is -0.810. The molecule has 62 valence electrons. The molecule has 0 rings (SSSR count). The van der Waals surface area contributed by atoms with E-state index in [-0.39, 0.29) is 19.8 Å². The van der Waals surface area contributed by atoms with Crippen molar-refractivity contribution in [3.8, 4) is 0 Å². The van der Waals surface area contributed by atoms with E-state index < -0.39 is 8.80 Å². The minimum atomic E-state index is -0.984. The smallest absolute Gasteiger partial charge is 0.0439 e. The van der Waals surface area contributed by atoms with E-state index in [1.807, 2.05) is 0 Å². The number of hydrogen-bond donors (Lipinski definition) is 3. The van der Waals surface area contributed by atoms with Gasteiger partial charge < -0.3 is 15.3 Å². The van der Waals surface area contributed by atoms with E-state index in [2.05, 4.69) is 0 Å². The molecule has 0 amide bonds. The highest BCUT2D eigenvalue weighted by Crippen LogP contribution is 2.03. The first-order chi connectivity index (χ1) is 4.85. The average molecular weight is 164 g/mol. The van der Waals surface area contributed by atoms with Crippen molar-refractivity contribution >= 4 is 8.80 Å². The molecule has 0 spiro atoms. The topological polar surface area (TPSA) is 60.7 Å².